The number of rotatable bonds is 4. The van der Waals surface area contributed by atoms with Crippen molar-refractivity contribution in [2.24, 2.45) is 5.92 Å². The van der Waals surface area contributed by atoms with Gasteiger partial charge < -0.3 is 19.9 Å². The fourth-order valence-electron chi connectivity index (χ4n) is 5.13. The molecule has 0 aromatic heterocycles. The largest absolute Gasteiger partial charge is 0.626 e. The minimum absolute atomic E-state index is 0.145. The van der Waals surface area contributed by atoms with Gasteiger partial charge in [-0.1, -0.05) is 41.9 Å². The van der Waals surface area contributed by atoms with Gasteiger partial charge in [-0.3, -0.25) is 9.69 Å². The van der Waals surface area contributed by atoms with Gasteiger partial charge >= 0.3 is 5.91 Å². The molecule has 3 saturated heterocycles. The van der Waals surface area contributed by atoms with Gasteiger partial charge in [0.25, 0.3) is 5.91 Å². The Morgan fingerprint density at radius 3 is 2.59 bits per heavy atom. The zero-order valence-corrected chi connectivity index (χ0v) is 18.7. The van der Waals surface area contributed by atoms with Gasteiger partial charge in [0.15, 0.2) is 11.9 Å². The topological polar surface area (TPSA) is 77.3 Å². The van der Waals surface area contributed by atoms with Crippen molar-refractivity contribution < 1.29 is 19.4 Å². The smallest absolute Gasteiger partial charge is 0.348 e. The molecule has 7 nitrogen and oxygen atoms in total. The predicted molar refractivity (Wildman–Crippen MR) is 121 cm³/mol. The van der Waals surface area contributed by atoms with Crippen LogP contribution in [0.25, 0.3) is 0 Å². The quantitative estimate of drug-likeness (QED) is 0.716. The van der Waals surface area contributed by atoms with Crippen LogP contribution in [0.4, 0.5) is 5.69 Å². The van der Waals surface area contributed by atoms with Gasteiger partial charge in [-0.05, 0) is 50.6 Å². The number of amides is 2. The second-order valence-corrected chi connectivity index (χ2v) is 9.35. The number of anilines is 1. The number of ether oxygens (including phenoxy) is 1. The highest BCUT2D eigenvalue weighted by Crippen LogP contribution is 2.40. The number of nitrogens with one attached hydrogen (secondary N) is 1. The van der Waals surface area contributed by atoms with Crippen molar-refractivity contribution in [3.05, 3.63) is 63.8 Å². The van der Waals surface area contributed by atoms with E-state index in [4.69, 9.17) is 16.3 Å². The number of hydrogen-bond donors (Lipinski definition) is 1. The highest BCUT2D eigenvalue weighted by Gasteiger charge is 2.42. The van der Waals surface area contributed by atoms with Gasteiger partial charge in [-0.2, -0.15) is 0 Å². The molecule has 0 radical (unpaired) electrons. The number of hydrogen-bond acceptors (Lipinski definition) is 5. The Morgan fingerprint density at radius 2 is 1.94 bits per heavy atom. The lowest BCUT2D eigenvalue weighted by Crippen LogP contribution is -3.16. The fraction of sp³-hybridized carbons (Fsp3) is 0.417. The Morgan fingerprint density at radius 1 is 1.22 bits per heavy atom. The SMILES string of the molecule is CC1Oc2c(C(=O)[NH+]([O-])C3CN4CCC3CC4)cc(Cl)cc2N(Cc2ccccc2)C1=O. The summed E-state index contributed by atoms with van der Waals surface area (Å²) in [6.07, 6.45) is 1.12. The molecule has 4 aliphatic heterocycles. The van der Waals surface area contributed by atoms with Crippen LogP contribution in [0, 0.1) is 11.1 Å². The first kappa shape index (κ1) is 21.4. The van der Waals surface area contributed by atoms with Gasteiger partial charge in [-0.25, -0.2) is 4.79 Å². The van der Waals surface area contributed by atoms with Gasteiger partial charge in [0.1, 0.15) is 11.6 Å². The summed E-state index contributed by atoms with van der Waals surface area (Å²) >= 11 is 6.37. The van der Waals surface area contributed by atoms with Crippen molar-refractivity contribution in [1.29, 1.82) is 0 Å². The second kappa shape index (κ2) is 8.48. The lowest BCUT2D eigenvalue weighted by molar-refractivity contribution is -0.796. The van der Waals surface area contributed by atoms with Crippen LogP contribution in [0.15, 0.2) is 42.5 Å². The average Bonchev–Trinajstić information content (AvgIpc) is 2.82. The number of quaternary nitrogens is 1. The summed E-state index contributed by atoms with van der Waals surface area (Å²) in [7, 11) is 0. The van der Waals surface area contributed by atoms with Crippen molar-refractivity contribution in [3.63, 3.8) is 0 Å². The zero-order valence-electron chi connectivity index (χ0n) is 17.9. The molecule has 6 rings (SSSR count). The van der Waals surface area contributed by atoms with E-state index in [-0.39, 0.29) is 39.3 Å². The molecule has 4 heterocycles. The van der Waals surface area contributed by atoms with E-state index in [1.165, 1.54) is 6.07 Å². The monoisotopic (exact) mass is 455 g/mol. The van der Waals surface area contributed by atoms with Crippen LogP contribution >= 0.6 is 11.6 Å². The summed E-state index contributed by atoms with van der Waals surface area (Å²) < 4.78 is 5.89. The van der Waals surface area contributed by atoms with E-state index in [0.717, 1.165) is 31.5 Å². The van der Waals surface area contributed by atoms with E-state index in [2.05, 4.69) is 4.90 Å². The van der Waals surface area contributed by atoms with Crippen molar-refractivity contribution in [2.45, 2.75) is 38.5 Å². The maximum Gasteiger partial charge on any atom is 0.348 e. The lowest BCUT2D eigenvalue weighted by Gasteiger charge is -2.47. The van der Waals surface area contributed by atoms with Gasteiger partial charge in [0.2, 0.25) is 0 Å². The Balaban J connectivity index is 1.50. The molecule has 8 heteroatoms. The Hall–Kier alpha value is -2.45. The molecule has 3 unspecified atom stereocenters. The van der Waals surface area contributed by atoms with E-state index in [0.29, 0.717) is 18.8 Å². The molecule has 3 fully saturated rings. The third-order valence-corrected chi connectivity index (χ3v) is 7.10. The summed E-state index contributed by atoms with van der Waals surface area (Å²) in [5, 5.41) is 13.2. The number of piperidine rings is 3. The number of benzene rings is 2. The zero-order chi connectivity index (χ0) is 22.4. The average molecular weight is 456 g/mol. The Bertz CT molecular complexity index is 1040. The molecule has 32 heavy (non-hydrogen) atoms. The van der Waals surface area contributed by atoms with E-state index in [1.807, 2.05) is 30.3 Å². The van der Waals surface area contributed by atoms with Crippen LogP contribution in [-0.2, 0) is 11.3 Å². The highest BCUT2D eigenvalue weighted by molar-refractivity contribution is 6.31. The molecule has 0 aliphatic carbocycles. The van der Waals surface area contributed by atoms with E-state index in [9.17, 15) is 14.8 Å². The Kier molecular flexibility index (Phi) is 5.67. The van der Waals surface area contributed by atoms with E-state index < -0.39 is 12.0 Å². The Labute approximate surface area is 192 Å². The first-order valence-electron chi connectivity index (χ1n) is 11.1. The minimum Gasteiger partial charge on any atom is -0.626 e. The van der Waals surface area contributed by atoms with Gasteiger partial charge in [0.05, 0.1) is 18.8 Å². The van der Waals surface area contributed by atoms with Crippen LogP contribution in [0.3, 0.4) is 0 Å². The summed E-state index contributed by atoms with van der Waals surface area (Å²) in [5.74, 6) is -0.283. The summed E-state index contributed by atoms with van der Waals surface area (Å²) in [6.45, 7) is 4.59. The van der Waals surface area contributed by atoms with Crippen LogP contribution in [-0.4, -0.2) is 48.5 Å². The van der Waals surface area contributed by atoms with Gasteiger partial charge in [0, 0.05) is 10.9 Å². The molecule has 1 N–H and O–H groups in total. The molecule has 2 aromatic rings. The first-order chi connectivity index (χ1) is 15.4. The standard InChI is InChI=1S/C24H26ClN3O4/c1-15-23(29)27(13-16-5-3-2-4-6-16)20-12-18(25)11-19(22(20)32-15)24(30)28(31)21-14-26-9-7-17(21)8-10-26/h2-6,11-12,15,17,21,28H,7-10,13-14H2,1H3. The first-order valence-corrected chi connectivity index (χ1v) is 11.5. The van der Waals surface area contributed by atoms with Crippen molar-refractivity contribution in [2.75, 3.05) is 24.5 Å². The predicted octanol–water partition coefficient (Wildman–Crippen LogP) is 2.27. The summed E-state index contributed by atoms with van der Waals surface area (Å²) in [5.41, 5.74) is 1.51. The summed E-state index contributed by atoms with van der Waals surface area (Å²) in [6, 6.07) is 12.4. The van der Waals surface area contributed by atoms with Crippen LogP contribution in [0.1, 0.15) is 35.7 Å². The number of carbonyl (C=O) groups is 2. The van der Waals surface area contributed by atoms with E-state index in [1.54, 1.807) is 17.9 Å². The van der Waals surface area contributed by atoms with Crippen molar-refractivity contribution in [1.82, 2.24) is 4.90 Å². The second-order valence-electron chi connectivity index (χ2n) is 8.91. The van der Waals surface area contributed by atoms with Gasteiger partial charge in [-0.15, -0.1) is 0 Å². The number of hydroxylamine groups is 2. The highest BCUT2D eigenvalue weighted by atomic mass is 35.5. The number of carbonyl (C=O) groups excluding carboxylic acids is 2. The molecule has 4 aliphatic rings. The molecular formula is C24H26ClN3O4. The van der Waals surface area contributed by atoms with Crippen LogP contribution in [0.2, 0.25) is 5.02 Å². The minimum atomic E-state index is -0.772. The normalized spacial score (nSPS) is 27.6. The molecule has 2 amide bonds. The number of halogens is 1. The summed E-state index contributed by atoms with van der Waals surface area (Å²) in [4.78, 5) is 30.2. The number of nitrogens with zero attached hydrogens (tertiary/aromatic N) is 2. The number of fused-ring (bicyclic) bond motifs is 4. The third-order valence-electron chi connectivity index (χ3n) is 6.88. The third kappa shape index (κ3) is 3.79. The molecule has 0 saturated carbocycles. The maximum atomic E-state index is 13.4. The van der Waals surface area contributed by atoms with E-state index >= 15 is 0 Å². The molecule has 3 atom stereocenters. The fourth-order valence-corrected chi connectivity index (χ4v) is 5.34. The van der Waals surface area contributed by atoms with Crippen LogP contribution in [0.5, 0.6) is 5.75 Å². The molecular weight excluding hydrogens is 430 g/mol. The van der Waals surface area contributed by atoms with Crippen molar-refractivity contribution >= 4 is 29.1 Å². The molecule has 2 aromatic carbocycles. The van der Waals surface area contributed by atoms with Crippen molar-refractivity contribution in [3.8, 4) is 5.75 Å². The van der Waals surface area contributed by atoms with Crippen LogP contribution < -0.4 is 14.7 Å². The molecule has 0 spiro atoms. The molecule has 2 bridgehead atoms. The maximum absolute atomic E-state index is 13.4. The lowest BCUT2D eigenvalue weighted by atomic mass is 9.83. The molecule has 168 valence electrons.